The van der Waals surface area contributed by atoms with E-state index in [-0.39, 0.29) is 17.9 Å². The van der Waals surface area contributed by atoms with Crippen LogP contribution in [0.3, 0.4) is 0 Å². The predicted molar refractivity (Wildman–Crippen MR) is 74.9 cm³/mol. The van der Waals surface area contributed by atoms with Crippen molar-refractivity contribution in [2.24, 2.45) is 0 Å². The van der Waals surface area contributed by atoms with Crippen molar-refractivity contribution in [2.75, 3.05) is 28.2 Å². The normalized spacial score (nSPS) is 24.5. The Balaban J connectivity index is 2.82. The van der Waals surface area contributed by atoms with Crippen molar-refractivity contribution >= 4 is 20.4 Å². The van der Waals surface area contributed by atoms with Crippen LogP contribution in [0.25, 0.3) is 0 Å². The highest BCUT2D eigenvalue weighted by Crippen LogP contribution is 2.51. The summed E-state index contributed by atoms with van der Waals surface area (Å²) in [7, 11) is 4.76. The molecule has 1 aliphatic rings. The van der Waals surface area contributed by atoms with Gasteiger partial charge in [0.1, 0.15) is 0 Å². The second-order valence-corrected chi connectivity index (χ2v) is 6.14. The molecule has 0 aromatic rings. The van der Waals surface area contributed by atoms with Crippen molar-refractivity contribution in [3.63, 3.8) is 0 Å². The summed E-state index contributed by atoms with van der Waals surface area (Å²) in [5.74, 6) is -0.606. The van der Waals surface area contributed by atoms with E-state index in [4.69, 9.17) is 13.6 Å². The summed E-state index contributed by atoms with van der Waals surface area (Å²) in [6.07, 6.45) is -1.15. The summed E-state index contributed by atoms with van der Waals surface area (Å²) in [6.45, 7) is 3.86. The second-order valence-electron chi connectivity index (χ2n) is 5.07. The van der Waals surface area contributed by atoms with Crippen LogP contribution in [0.15, 0.2) is 0 Å². The Bertz CT molecular complexity index is 336. The van der Waals surface area contributed by atoms with E-state index in [0.717, 1.165) is 6.42 Å². The minimum atomic E-state index is -1.68. The van der Waals surface area contributed by atoms with Gasteiger partial charge < -0.3 is 14.3 Å². The third-order valence-electron chi connectivity index (χ3n) is 2.88. The monoisotopic (exact) mass is 306 g/mol. The Morgan fingerprint density at radius 3 is 1.80 bits per heavy atom. The highest BCUT2D eigenvalue weighted by Gasteiger charge is 2.48. The SMILES string of the molecule is CCC(C)OP1O[C@@H](C(=O)N(C)C)[C@H](C(=O)N(C)C)O1. The maximum absolute atomic E-state index is 12.1. The molecule has 7 nitrogen and oxygen atoms in total. The van der Waals surface area contributed by atoms with E-state index in [9.17, 15) is 9.59 Å². The Kier molecular flexibility index (Phi) is 6.33. The molecule has 1 saturated heterocycles. The minimum absolute atomic E-state index is 0.0515. The van der Waals surface area contributed by atoms with E-state index < -0.39 is 20.8 Å². The molecule has 3 atom stereocenters. The summed E-state index contributed by atoms with van der Waals surface area (Å²) in [6, 6.07) is 0. The molecule has 0 spiro atoms. The van der Waals surface area contributed by atoms with Crippen LogP contribution in [0.2, 0.25) is 0 Å². The molecule has 1 heterocycles. The van der Waals surface area contributed by atoms with Gasteiger partial charge in [0.05, 0.1) is 6.10 Å². The lowest BCUT2D eigenvalue weighted by molar-refractivity contribution is -0.146. The van der Waals surface area contributed by atoms with E-state index in [0.29, 0.717) is 0 Å². The van der Waals surface area contributed by atoms with Gasteiger partial charge in [-0.2, -0.15) is 0 Å². The topological polar surface area (TPSA) is 68.3 Å². The van der Waals surface area contributed by atoms with Gasteiger partial charge in [-0.3, -0.25) is 18.6 Å². The van der Waals surface area contributed by atoms with Crippen molar-refractivity contribution in [3.8, 4) is 0 Å². The molecule has 116 valence electrons. The molecular weight excluding hydrogens is 283 g/mol. The average Bonchev–Trinajstić information content (AvgIpc) is 2.79. The average molecular weight is 306 g/mol. The van der Waals surface area contributed by atoms with Crippen LogP contribution in [0, 0.1) is 0 Å². The van der Waals surface area contributed by atoms with Gasteiger partial charge in [-0.05, 0) is 13.3 Å². The number of carbonyl (C=O) groups is 2. The zero-order valence-electron chi connectivity index (χ0n) is 12.8. The molecular formula is C12H23N2O5P. The fraction of sp³-hybridized carbons (Fsp3) is 0.833. The maximum atomic E-state index is 12.1. The molecule has 0 saturated carbocycles. The maximum Gasteiger partial charge on any atom is 0.334 e. The predicted octanol–water partition coefficient (Wildman–Crippen LogP) is 0.989. The number of amides is 2. The van der Waals surface area contributed by atoms with E-state index in [1.54, 1.807) is 28.2 Å². The third kappa shape index (κ3) is 4.12. The molecule has 1 unspecified atom stereocenters. The highest BCUT2D eigenvalue weighted by molar-refractivity contribution is 7.42. The molecule has 0 N–H and O–H groups in total. The molecule has 0 bridgehead atoms. The molecule has 0 aromatic heterocycles. The lowest BCUT2D eigenvalue weighted by Gasteiger charge is -2.21. The van der Waals surface area contributed by atoms with E-state index >= 15 is 0 Å². The molecule has 20 heavy (non-hydrogen) atoms. The lowest BCUT2D eigenvalue weighted by atomic mass is 10.1. The molecule has 1 fully saturated rings. The molecule has 0 aromatic carbocycles. The molecule has 1 rings (SSSR count). The van der Waals surface area contributed by atoms with E-state index in [1.165, 1.54) is 9.80 Å². The number of hydrogen-bond donors (Lipinski definition) is 0. The zero-order valence-corrected chi connectivity index (χ0v) is 13.7. The largest absolute Gasteiger partial charge is 0.346 e. The molecule has 0 aliphatic carbocycles. The number of rotatable bonds is 5. The van der Waals surface area contributed by atoms with Gasteiger partial charge in [-0.1, -0.05) is 6.92 Å². The second kappa shape index (κ2) is 7.31. The fourth-order valence-electron chi connectivity index (χ4n) is 1.45. The summed E-state index contributed by atoms with van der Waals surface area (Å²) < 4.78 is 16.6. The minimum Gasteiger partial charge on any atom is -0.346 e. The van der Waals surface area contributed by atoms with Crippen LogP contribution in [0.5, 0.6) is 0 Å². The van der Waals surface area contributed by atoms with Crippen LogP contribution in [-0.4, -0.2) is 68.1 Å². The number of hydrogen-bond acceptors (Lipinski definition) is 5. The smallest absolute Gasteiger partial charge is 0.334 e. The van der Waals surface area contributed by atoms with Gasteiger partial charge in [0.15, 0.2) is 12.2 Å². The summed E-state index contributed by atoms with van der Waals surface area (Å²) in [5, 5.41) is 0. The van der Waals surface area contributed by atoms with Crippen LogP contribution >= 0.6 is 8.60 Å². The Morgan fingerprint density at radius 2 is 1.50 bits per heavy atom. The molecule has 1 aliphatic heterocycles. The summed E-state index contributed by atoms with van der Waals surface area (Å²) in [4.78, 5) is 26.9. The van der Waals surface area contributed by atoms with Gasteiger partial charge in [0, 0.05) is 28.2 Å². The van der Waals surface area contributed by atoms with Crippen molar-refractivity contribution in [1.29, 1.82) is 0 Å². The van der Waals surface area contributed by atoms with Gasteiger partial charge in [-0.15, -0.1) is 0 Å². The van der Waals surface area contributed by atoms with Crippen LogP contribution in [-0.2, 0) is 23.2 Å². The quantitative estimate of drug-likeness (QED) is 0.709. The fourth-order valence-corrected chi connectivity index (χ4v) is 2.81. The Hall–Kier alpha value is -0.750. The molecule has 0 radical (unpaired) electrons. The Labute approximate surface area is 121 Å². The van der Waals surface area contributed by atoms with Crippen molar-refractivity contribution in [1.82, 2.24) is 9.80 Å². The van der Waals surface area contributed by atoms with Crippen molar-refractivity contribution < 1.29 is 23.2 Å². The zero-order chi connectivity index (χ0) is 15.4. The van der Waals surface area contributed by atoms with Crippen LogP contribution in [0.4, 0.5) is 0 Å². The van der Waals surface area contributed by atoms with Crippen molar-refractivity contribution in [2.45, 2.75) is 38.6 Å². The molecule has 8 heteroatoms. The number of carbonyl (C=O) groups excluding carboxylic acids is 2. The van der Waals surface area contributed by atoms with Gasteiger partial charge in [0.25, 0.3) is 11.8 Å². The van der Waals surface area contributed by atoms with Crippen LogP contribution < -0.4 is 0 Å². The van der Waals surface area contributed by atoms with E-state index in [1.807, 2.05) is 13.8 Å². The highest BCUT2D eigenvalue weighted by atomic mass is 31.2. The first-order valence-electron chi connectivity index (χ1n) is 6.50. The lowest BCUT2D eigenvalue weighted by Crippen LogP contribution is -2.47. The van der Waals surface area contributed by atoms with Crippen LogP contribution in [0.1, 0.15) is 20.3 Å². The first kappa shape index (κ1) is 17.3. The van der Waals surface area contributed by atoms with Gasteiger partial charge in [0.2, 0.25) is 0 Å². The summed E-state index contributed by atoms with van der Waals surface area (Å²) >= 11 is 0. The van der Waals surface area contributed by atoms with Gasteiger partial charge in [-0.25, -0.2) is 0 Å². The van der Waals surface area contributed by atoms with Gasteiger partial charge >= 0.3 is 8.60 Å². The summed E-state index contributed by atoms with van der Waals surface area (Å²) in [5.41, 5.74) is 0. The number of likely N-dealkylation sites (N-methyl/N-ethyl adjacent to an activating group) is 2. The number of nitrogens with zero attached hydrogens (tertiary/aromatic N) is 2. The molecule has 2 amide bonds. The Morgan fingerprint density at radius 1 is 1.10 bits per heavy atom. The first-order chi connectivity index (χ1) is 9.27. The first-order valence-corrected chi connectivity index (χ1v) is 7.60. The van der Waals surface area contributed by atoms with E-state index in [2.05, 4.69) is 0 Å². The van der Waals surface area contributed by atoms with Crippen molar-refractivity contribution in [3.05, 3.63) is 0 Å². The standard InChI is InChI=1S/C12H23N2O5P/c1-7-8(2)17-20-18-9(11(15)13(3)4)10(19-20)12(16)14(5)6/h8-10H,7H2,1-6H3/t8?,9-,10-/m1/s1. The third-order valence-corrected chi connectivity index (χ3v) is 4.21.